The van der Waals surface area contributed by atoms with Crippen molar-refractivity contribution in [2.75, 3.05) is 40.4 Å². The first kappa shape index (κ1) is 22.7. The number of methoxy groups -OCH3 is 2. The van der Waals surface area contributed by atoms with Crippen LogP contribution in [0.3, 0.4) is 0 Å². The second-order valence-corrected chi connectivity index (χ2v) is 9.85. The molecular weight excluding hydrogens is 472 g/mol. The molecule has 0 saturated carbocycles. The van der Waals surface area contributed by atoms with E-state index in [0.717, 1.165) is 21.5 Å². The number of sulfonamides is 1. The van der Waals surface area contributed by atoms with Crippen LogP contribution in [0.5, 0.6) is 11.5 Å². The van der Waals surface area contributed by atoms with Crippen molar-refractivity contribution in [1.82, 2.24) is 9.21 Å². The van der Waals surface area contributed by atoms with E-state index in [1.165, 1.54) is 23.4 Å². The maximum atomic E-state index is 12.9. The molecule has 9 heteroatoms. The van der Waals surface area contributed by atoms with Crippen molar-refractivity contribution < 1.29 is 22.7 Å². The number of piperazine rings is 1. The molecule has 0 atom stereocenters. The van der Waals surface area contributed by atoms with Gasteiger partial charge in [-0.2, -0.15) is 4.31 Å². The molecule has 162 valence electrons. The highest BCUT2D eigenvalue weighted by Crippen LogP contribution is 2.33. The third-order valence-electron chi connectivity index (χ3n) is 5.18. The van der Waals surface area contributed by atoms with Crippen molar-refractivity contribution in [2.45, 2.75) is 18.4 Å². The minimum Gasteiger partial charge on any atom is -0.496 e. The Kier molecular flexibility index (Phi) is 7.18. The van der Waals surface area contributed by atoms with Crippen molar-refractivity contribution >= 4 is 31.7 Å². The van der Waals surface area contributed by atoms with E-state index in [4.69, 9.17) is 9.47 Å². The topological polar surface area (TPSA) is 76.2 Å². The van der Waals surface area contributed by atoms with Gasteiger partial charge in [0.2, 0.25) is 10.0 Å². The van der Waals surface area contributed by atoms with E-state index in [0.29, 0.717) is 38.3 Å². The van der Waals surface area contributed by atoms with Gasteiger partial charge in [-0.15, -0.1) is 0 Å². The maximum Gasteiger partial charge on any atom is 0.243 e. The molecule has 0 aromatic heterocycles. The Morgan fingerprint density at radius 3 is 2.13 bits per heavy atom. The molecule has 0 aliphatic carbocycles. The van der Waals surface area contributed by atoms with Crippen molar-refractivity contribution in [3.63, 3.8) is 0 Å². The van der Waals surface area contributed by atoms with Gasteiger partial charge in [0.05, 0.1) is 23.6 Å². The van der Waals surface area contributed by atoms with Gasteiger partial charge < -0.3 is 9.47 Å². The molecule has 1 aliphatic heterocycles. The molecule has 0 bridgehead atoms. The summed E-state index contributed by atoms with van der Waals surface area (Å²) in [6.45, 7) is 4.09. The van der Waals surface area contributed by atoms with Crippen LogP contribution in [-0.2, 0) is 16.6 Å². The number of nitrogens with zero attached hydrogens (tertiary/aromatic N) is 2. The Bertz CT molecular complexity index is 1020. The Balaban J connectivity index is 1.68. The fourth-order valence-corrected chi connectivity index (χ4v) is 5.33. The molecule has 3 rings (SSSR count). The molecule has 0 spiro atoms. The number of ether oxygens (including phenoxy) is 2. The molecule has 2 aromatic rings. The van der Waals surface area contributed by atoms with Gasteiger partial charge in [-0.3, -0.25) is 9.69 Å². The number of benzene rings is 2. The lowest BCUT2D eigenvalue weighted by atomic mass is 10.1. The number of hydrogen-bond acceptors (Lipinski definition) is 6. The van der Waals surface area contributed by atoms with Crippen molar-refractivity contribution in [3.8, 4) is 11.5 Å². The number of carbonyl (C=O) groups excluding carboxylic acids is 1. The average molecular weight is 497 g/mol. The lowest BCUT2D eigenvalue weighted by Gasteiger charge is -2.34. The third kappa shape index (κ3) is 4.85. The van der Waals surface area contributed by atoms with Crippen LogP contribution in [0.25, 0.3) is 0 Å². The van der Waals surface area contributed by atoms with E-state index in [2.05, 4.69) is 20.8 Å². The molecule has 0 radical (unpaired) electrons. The Hall–Kier alpha value is -1.94. The zero-order chi connectivity index (χ0) is 21.9. The molecule has 1 saturated heterocycles. The fourth-order valence-electron chi connectivity index (χ4n) is 3.43. The van der Waals surface area contributed by atoms with Gasteiger partial charge in [0.25, 0.3) is 0 Å². The summed E-state index contributed by atoms with van der Waals surface area (Å²) in [5.74, 6) is 1.39. The van der Waals surface area contributed by atoms with Gasteiger partial charge in [0, 0.05) is 43.9 Å². The normalized spacial score (nSPS) is 15.7. The predicted octanol–water partition coefficient (Wildman–Crippen LogP) is 3.18. The monoisotopic (exact) mass is 496 g/mol. The average Bonchev–Trinajstić information content (AvgIpc) is 2.75. The molecular formula is C21H25BrN2O5S. The van der Waals surface area contributed by atoms with E-state index in [1.807, 2.05) is 12.1 Å². The van der Waals surface area contributed by atoms with Gasteiger partial charge in [0.15, 0.2) is 5.78 Å². The number of rotatable bonds is 7. The van der Waals surface area contributed by atoms with Gasteiger partial charge in [-0.1, -0.05) is 12.1 Å². The van der Waals surface area contributed by atoms with Crippen LogP contribution < -0.4 is 9.47 Å². The molecule has 0 N–H and O–H groups in total. The molecule has 1 fully saturated rings. The van der Waals surface area contributed by atoms with Crippen molar-refractivity contribution in [3.05, 3.63) is 52.0 Å². The smallest absolute Gasteiger partial charge is 0.243 e. The first-order valence-corrected chi connectivity index (χ1v) is 11.7. The number of ketones is 1. The van der Waals surface area contributed by atoms with E-state index in [-0.39, 0.29) is 10.7 Å². The Morgan fingerprint density at radius 1 is 1.00 bits per heavy atom. The van der Waals surface area contributed by atoms with Crippen LogP contribution >= 0.6 is 15.9 Å². The summed E-state index contributed by atoms with van der Waals surface area (Å²) in [7, 11) is -0.347. The summed E-state index contributed by atoms with van der Waals surface area (Å²) in [4.78, 5) is 13.8. The summed E-state index contributed by atoms with van der Waals surface area (Å²) >= 11 is 3.46. The standard InChI is InChI=1S/C21H25BrN2O5S/c1-15(25)16-4-6-18(7-5-16)30(26,27)24-10-8-23(9-11-24)14-17-12-21(29-3)19(22)13-20(17)28-2/h4-7,12-13H,8-11,14H2,1-3H3. The van der Waals surface area contributed by atoms with E-state index in [9.17, 15) is 13.2 Å². The van der Waals surface area contributed by atoms with Crippen LogP contribution in [0.2, 0.25) is 0 Å². The van der Waals surface area contributed by atoms with Crippen LogP contribution in [0.1, 0.15) is 22.8 Å². The maximum absolute atomic E-state index is 12.9. The number of halogens is 1. The summed E-state index contributed by atoms with van der Waals surface area (Å²) in [5, 5.41) is 0. The molecule has 2 aromatic carbocycles. The van der Waals surface area contributed by atoms with Gasteiger partial charge >= 0.3 is 0 Å². The Morgan fingerprint density at radius 2 is 1.60 bits per heavy atom. The highest BCUT2D eigenvalue weighted by molar-refractivity contribution is 9.10. The second kappa shape index (κ2) is 9.47. The molecule has 0 amide bonds. The van der Waals surface area contributed by atoms with E-state index < -0.39 is 10.0 Å². The summed E-state index contributed by atoms with van der Waals surface area (Å²) in [6, 6.07) is 9.91. The van der Waals surface area contributed by atoms with Gasteiger partial charge in [-0.25, -0.2) is 8.42 Å². The van der Waals surface area contributed by atoms with Crippen LogP contribution in [0.15, 0.2) is 45.8 Å². The lowest BCUT2D eigenvalue weighted by Crippen LogP contribution is -2.48. The number of hydrogen-bond donors (Lipinski definition) is 0. The first-order chi connectivity index (χ1) is 14.3. The second-order valence-electron chi connectivity index (χ2n) is 7.06. The molecule has 1 aliphatic rings. The van der Waals surface area contributed by atoms with Gasteiger partial charge in [0.1, 0.15) is 11.5 Å². The molecule has 1 heterocycles. The number of Topliss-reactive ketones (excluding diaryl/α,β-unsaturated/α-hetero) is 1. The largest absolute Gasteiger partial charge is 0.496 e. The highest BCUT2D eigenvalue weighted by atomic mass is 79.9. The quantitative estimate of drug-likeness (QED) is 0.548. The SMILES string of the molecule is COc1cc(CN2CCN(S(=O)(=O)c3ccc(C(C)=O)cc3)CC2)c(OC)cc1Br. The zero-order valence-electron chi connectivity index (χ0n) is 17.2. The minimum atomic E-state index is -3.59. The van der Waals surface area contributed by atoms with E-state index in [1.54, 1.807) is 26.4 Å². The fraction of sp³-hybridized carbons (Fsp3) is 0.381. The van der Waals surface area contributed by atoms with Gasteiger partial charge in [-0.05, 0) is 47.1 Å². The lowest BCUT2D eigenvalue weighted by molar-refractivity contribution is 0.101. The predicted molar refractivity (Wildman–Crippen MR) is 118 cm³/mol. The third-order valence-corrected chi connectivity index (χ3v) is 7.71. The van der Waals surface area contributed by atoms with Crippen LogP contribution in [0.4, 0.5) is 0 Å². The number of carbonyl (C=O) groups is 1. The molecule has 30 heavy (non-hydrogen) atoms. The van der Waals surface area contributed by atoms with Crippen molar-refractivity contribution in [1.29, 1.82) is 0 Å². The van der Waals surface area contributed by atoms with E-state index >= 15 is 0 Å². The summed E-state index contributed by atoms with van der Waals surface area (Å²) in [5.41, 5.74) is 1.48. The summed E-state index contributed by atoms with van der Waals surface area (Å²) < 4.78 is 39.0. The highest BCUT2D eigenvalue weighted by Gasteiger charge is 2.29. The zero-order valence-corrected chi connectivity index (χ0v) is 19.6. The van der Waals surface area contributed by atoms with Crippen LogP contribution in [0, 0.1) is 0 Å². The Labute approximate surface area is 185 Å². The van der Waals surface area contributed by atoms with Crippen molar-refractivity contribution in [2.24, 2.45) is 0 Å². The first-order valence-electron chi connectivity index (χ1n) is 9.50. The molecule has 0 unspecified atom stereocenters. The summed E-state index contributed by atoms with van der Waals surface area (Å²) in [6.07, 6.45) is 0. The molecule has 7 nitrogen and oxygen atoms in total. The van der Waals surface area contributed by atoms with Crippen LogP contribution in [-0.4, -0.2) is 63.8 Å². The minimum absolute atomic E-state index is 0.0902.